The molecule has 1 aliphatic carbocycles. The summed E-state index contributed by atoms with van der Waals surface area (Å²) in [5.41, 5.74) is 11.9. The van der Waals surface area contributed by atoms with Crippen molar-refractivity contribution < 1.29 is 0 Å². The van der Waals surface area contributed by atoms with E-state index in [0.717, 1.165) is 0 Å². The second-order valence-electron chi connectivity index (χ2n) is 17.6. The highest BCUT2D eigenvalue weighted by Crippen LogP contribution is 2.60. The van der Waals surface area contributed by atoms with Gasteiger partial charge in [-0.25, -0.2) is 0 Å². The summed E-state index contributed by atoms with van der Waals surface area (Å²) in [5.74, 6) is 0. The quantitative estimate of drug-likeness (QED) is 0.123. The number of hydrogen-bond donors (Lipinski definition) is 0. The topological polar surface area (TPSA) is 0 Å². The Labute approximate surface area is 336 Å². The first-order valence-electron chi connectivity index (χ1n) is 20.6. The third-order valence-electron chi connectivity index (χ3n) is 13.4. The Bertz CT molecular complexity index is 3730. The van der Waals surface area contributed by atoms with Crippen molar-refractivity contribution in [3.8, 4) is 44.5 Å². The molecule has 0 radical (unpaired) electrons. The lowest BCUT2D eigenvalue weighted by Gasteiger charge is -2.23. The van der Waals surface area contributed by atoms with E-state index in [-0.39, 0.29) is 5.41 Å². The maximum Gasteiger partial charge on any atom is -0.000719 e. The molecular weight excluding hydrogens is 697 g/mol. The van der Waals surface area contributed by atoms with Crippen LogP contribution in [-0.2, 0) is 5.41 Å². The van der Waals surface area contributed by atoms with Gasteiger partial charge in [0.15, 0.2) is 0 Å². The van der Waals surface area contributed by atoms with Gasteiger partial charge in [0, 0.05) is 0 Å². The maximum absolute atomic E-state index is 2.56. The third-order valence-corrected chi connectivity index (χ3v) is 13.4. The van der Waals surface area contributed by atoms with Gasteiger partial charge in [0.05, 0.1) is 0 Å². The number of fused-ring (bicyclic) bond motifs is 11. The third kappa shape index (κ3) is 4.24. The Morgan fingerprint density at radius 3 is 1.41 bits per heavy atom. The largest absolute Gasteiger partial charge is 0.0622 e. The molecule has 0 bridgehead atoms. The molecule has 0 heterocycles. The van der Waals surface area contributed by atoms with Gasteiger partial charge in [0.2, 0.25) is 0 Å². The molecule has 1 aliphatic rings. The van der Waals surface area contributed by atoms with Crippen LogP contribution in [0.5, 0.6) is 0 Å². The first-order chi connectivity index (χ1) is 28.4. The van der Waals surface area contributed by atoms with Crippen molar-refractivity contribution in [1.82, 2.24) is 0 Å². The van der Waals surface area contributed by atoms with Crippen LogP contribution in [0.25, 0.3) is 131 Å². The molecule has 0 fully saturated rings. The van der Waals surface area contributed by atoms with Crippen LogP contribution >= 0.6 is 0 Å². The van der Waals surface area contributed by atoms with Crippen LogP contribution in [0.1, 0.15) is 26.3 Å². The summed E-state index contributed by atoms with van der Waals surface area (Å²) in [6.45, 7) is 6.97. The van der Waals surface area contributed by atoms with Gasteiger partial charge < -0.3 is 0 Å². The first kappa shape index (κ1) is 32.1. The molecule has 0 saturated carbocycles. The molecule has 13 rings (SSSR count). The van der Waals surface area contributed by atoms with Gasteiger partial charge in [-0.3, -0.25) is 0 Å². The van der Waals surface area contributed by atoms with Crippen LogP contribution in [0.3, 0.4) is 0 Å². The van der Waals surface area contributed by atoms with Gasteiger partial charge in [0.1, 0.15) is 0 Å². The van der Waals surface area contributed by atoms with E-state index in [0.29, 0.717) is 0 Å². The molecule has 0 spiro atoms. The van der Waals surface area contributed by atoms with E-state index in [1.54, 1.807) is 0 Å². The average molecular weight is 735 g/mol. The number of hydrogen-bond acceptors (Lipinski definition) is 0. The lowest BCUT2D eigenvalue weighted by atomic mass is 9.80. The molecule has 0 heteroatoms. The summed E-state index contributed by atoms with van der Waals surface area (Å²) in [6, 6.07) is 67.1. The molecule has 0 saturated heterocycles. The summed E-state index contributed by atoms with van der Waals surface area (Å²) in [6.07, 6.45) is 0. The second-order valence-corrected chi connectivity index (χ2v) is 17.6. The molecule has 270 valence electrons. The summed E-state index contributed by atoms with van der Waals surface area (Å²) in [7, 11) is 0. The fraction of sp³-hybridized carbons (Fsp3) is 0.0690. The predicted molar refractivity (Wildman–Crippen MR) is 252 cm³/mol. The monoisotopic (exact) mass is 734 g/mol. The second kappa shape index (κ2) is 11.3. The molecule has 0 aliphatic heterocycles. The zero-order valence-electron chi connectivity index (χ0n) is 32.7. The highest BCUT2D eigenvalue weighted by molar-refractivity contribution is 6.37. The van der Waals surface area contributed by atoms with Crippen LogP contribution in [0.15, 0.2) is 176 Å². The Kier molecular flexibility index (Phi) is 6.26. The van der Waals surface area contributed by atoms with Crippen molar-refractivity contribution in [3.63, 3.8) is 0 Å². The molecule has 0 N–H and O–H groups in total. The minimum Gasteiger partial charge on any atom is -0.0622 e. The van der Waals surface area contributed by atoms with E-state index in [9.17, 15) is 0 Å². The van der Waals surface area contributed by atoms with Crippen LogP contribution in [-0.4, -0.2) is 0 Å². The van der Waals surface area contributed by atoms with E-state index in [4.69, 9.17) is 0 Å². The van der Waals surface area contributed by atoms with Gasteiger partial charge in [-0.2, -0.15) is 0 Å². The van der Waals surface area contributed by atoms with Gasteiger partial charge in [-0.1, -0.05) is 160 Å². The molecule has 0 atom stereocenters. The molecule has 0 unspecified atom stereocenters. The normalized spacial score (nSPS) is 12.7. The molecule has 12 aromatic carbocycles. The molecule has 0 aromatic heterocycles. The smallest absolute Gasteiger partial charge is 0.000719 e. The standard InChI is InChI=1S/C58H38/c1-58(2,3)40-24-26-41-45(30-40)43-27-37-17-10-11-18-38(37)28-44(43)47-32-49-48(31-46(41)47)53(34-15-8-5-9-16-34)57-50-29-39-20-12-19-35-21-22-36-23-25-42(55(50)54(36)51(35)39)56(57)52(49)33-13-6-4-7-14-33/h4-32H,1-3H3. The first-order valence-corrected chi connectivity index (χ1v) is 20.6. The van der Waals surface area contributed by atoms with Crippen molar-refractivity contribution in [3.05, 3.63) is 181 Å². The van der Waals surface area contributed by atoms with Crippen LogP contribution < -0.4 is 0 Å². The lowest BCUT2D eigenvalue weighted by Crippen LogP contribution is -2.10. The van der Waals surface area contributed by atoms with E-state index < -0.39 is 0 Å². The minimum atomic E-state index is 0.0262. The summed E-state index contributed by atoms with van der Waals surface area (Å²) in [5, 5.41) is 21.0. The highest BCUT2D eigenvalue weighted by Gasteiger charge is 2.32. The highest BCUT2D eigenvalue weighted by atomic mass is 14.3. The Hall–Kier alpha value is -7.02. The predicted octanol–water partition coefficient (Wildman–Crippen LogP) is 16.6. The van der Waals surface area contributed by atoms with Gasteiger partial charge in [-0.15, -0.1) is 0 Å². The van der Waals surface area contributed by atoms with Crippen molar-refractivity contribution in [1.29, 1.82) is 0 Å². The fourth-order valence-corrected chi connectivity index (χ4v) is 10.7. The van der Waals surface area contributed by atoms with Crippen molar-refractivity contribution in [2.24, 2.45) is 0 Å². The Balaban J connectivity index is 1.30. The Morgan fingerprint density at radius 2 is 0.776 bits per heavy atom. The molecule has 12 aromatic rings. The Morgan fingerprint density at radius 1 is 0.276 bits per heavy atom. The molecule has 58 heavy (non-hydrogen) atoms. The van der Waals surface area contributed by atoms with Gasteiger partial charge >= 0.3 is 0 Å². The van der Waals surface area contributed by atoms with E-state index in [2.05, 4.69) is 197 Å². The number of rotatable bonds is 2. The number of benzene rings is 12. The van der Waals surface area contributed by atoms with Crippen LogP contribution in [0.2, 0.25) is 0 Å². The van der Waals surface area contributed by atoms with E-state index in [1.165, 1.54) is 136 Å². The summed E-state index contributed by atoms with van der Waals surface area (Å²) >= 11 is 0. The molecular formula is C58H38. The SMILES string of the molecule is CC(C)(C)c1ccc2c(c1)c1cc3ccccc3cc1c1cc3c(-c4ccccc4)c4c(c(-c5ccccc5)c3cc21)-c1cc2cccc3ccc5ccc-4c1c5c32. The van der Waals surface area contributed by atoms with Gasteiger partial charge in [-0.05, 0) is 178 Å². The molecule has 0 amide bonds. The zero-order valence-corrected chi connectivity index (χ0v) is 32.7. The summed E-state index contributed by atoms with van der Waals surface area (Å²) < 4.78 is 0. The zero-order chi connectivity index (χ0) is 38.4. The minimum absolute atomic E-state index is 0.0262. The lowest BCUT2D eigenvalue weighted by molar-refractivity contribution is 0.591. The van der Waals surface area contributed by atoms with Crippen molar-refractivity contribution >= 4 is 86.2 Å². The average Bonchev–Trinajstić information content (AvgIpc) is 3.58. The fourth-order valence-electron chi connectivity index (χ4n) is 10.7. The van der Waals surface area contributed by atoms with E-state index >= 15 is 0 Å². The van der Waals surface area contributed by atoms with E-state index in [1.807, 2.05) is 0 Å². The molecule has 0 nitrogen and oxygen atoms in total. The summed E-state index contributed by atoms with van der Waals surface area (Å²) in [4.78, 5) is 0. The van der Waals surface area contributed by atoms with Crippen LogP contribution in [0.4, 0.5) is 0 Å². The van der Waals surface area contributed by atoms with Crippen molar-refractivity contribution in [2.45, 2.75) is 26.2 Å². The van der Waals surface area contributed by atoms with Gasteiger partial charge in [0.25, 0.3) is 0 Å². The maximum atomic E-state index is 2.56. The van der Waals surface area contributed by atoms with Crippen LogP contribution in [0, 0.1) is 0 Å². The van der Waals surface area contributed by atoms with Crippen molar-refractivity contribution in [2.75, 3.05) is 0 Å².